The largest absolute Gasteiger partial charge is 0.494 e. The van der Waals surface area contributed by atoms with E-state index < -0.39 is 5.97 Å². The molecule has 0 saturated carbocycles. The van der Waals surface area contributed by atoms with Crippen molar-refractivity contribution in [2.24, 2.45) is 0 Å². The molecule has 0 bridgehead atoms. The Hall–Kier alpha value is -3.08. The zero-order valence-electron chi connectivity index (χ0n) is 15.0. The Bertz CT molecular complexity index is 766. The highest BCUT2D eigenvalue weighted by molar-refractivity contribution is 6.06. The number of para-hydroxylation sites is 1. The van der Waals surface area contributed by atoms with Crippen LogP contribution < -0.4 is 10.1 Å². The number of hydrogen-bond acceptors (Lipinski definition) is 4. The van der Waals surface area contributed by atoms with Crippen molar-refractivity contribution in [1.82, 2.24) is 0 Å². The van der Waals surface area contributed by atoms with Crippen molar-refractivity contribution >= 4 is 23.6 Å². The van der Waals surface area contributed by atoms with E-state index in [0.29, 0.717) is 17.9 Å². The van der Waals surface area contributed by atoms with Crippen LogP contribution in [0, 0.1) is 0 Å². The summed E-state index contributed by atoms with van der Waals surface area (Å²) >= 11 is 0. The summed E-state index contributed by atoms with van der Waals surface area (Å²) in [6.07, 6.45) is 4.07. The standard InChI is InChI=1S/C21H23NO4/c1-3-15-26-17-12-9-16(10-13-17)11-14-20(23)22-19-8-6-5-7-18(19)21(24)25-4-2/h5-14H,3-4,15H2,1-2H3,(H,22,23)/b14-11+. The summed E-state index contributed by atoms with van der Waals surface area (Å²) in [4.78, 5) is 24.1. The van der Waals surface area contributed by atoms with Crippen molar-refractivity contribution < 1.29 is 19.1 Å². The van der Waals surface area contributed by atoms with Crippen molar-refractivity contribution in [1.29, 1.82) is 0 Å². The second-order valence-electron chi connectivity index (χ2n) is 5.51. The molecular weight excluding hydrogens is 330 g/mol. The maximum Gasteiger partial charge on any atom is 0.340 e. The molecule has 1 N–H and O–H groups in total. The number of esters is 1. The van der Waals surface area contributed by atoms with Gasteiger partial charge in [-0.15, -0.1) is 0 Å². The van der Waals surface area contributed by atoms with E-state index in [2.05, 4.69) is 12.2 Å². The van der Waals surface area contributed by atoms with Gasteiger partial charge in [0, 0.05) is 6.08 Å². The van der Waals surface area contributed by atoms with Crippen LogP contribution in [-0.4, -0.2) is 25.1 Å². The minimum Gasteiger partial charge on any atom is -0.494 e. The van der Waals surface area contributed by atoms with E-state index in [1.165, 1.54) is 6.08 Å². The maximum atomic E-state index is 12.2. The summed E-state index contributed by atoms with van der Waals surface area (Å²) in [5.74, 6) is 0.0138. The van der Waals surface area contributed by atoms with Crippen LogP contribution in [0.25, 0.3) is 6.08 Å². The van der Waals surface area contributed by atoms with Crippen molar-refractivity contribution in [2.45, 2.75) is 20.3 Å². The summed E-state index contributed by atoms with van der Waals surface area (Å²) < 4.78 is 10.5. The van der Waals surface area contributed by atoms with Crippen LogP contribution in [-0.2, 0) is 9.53 Å². The smallest absolute Gasteiger partial charge is 0.340 e. The first kappa shape index (κ1) is 19.2. The molecule has 0 radical (unpaired) electrons. The normalized spacial score (nSPS) is 10.5. The Morgan fingerprint density at radius 2 is 1.77 bits per heavy atom. The zero-order chi connectivity index (χ0) is 18.8. The van der Waals surface area contributed by atoms with Crippen LogP contribution in [0.2, 0.25) is 0 Å². The monoisotopic (exact) mass is 353 g/mol. The molecule has 0 fully saturated rings. The highest BCUT2D eigenvalue weighted by Crippen LogP contribution is 2.17. The molecule has 136 valence electrons. The van der Waals surface area contributed by atoms with Gasteiger partial charge < -0.3 is 14.8 Å². The molecule has 0 aromatic heterocycles. The first-order chi connectivity index (χ1) is 12.6. The fourth-order valence-electron chi connectivity index (χ4n) is 2.22. The topological polar surface area (TPSA) is 64.6 Å². The van der Waals surface area contributed by atoms with Gasteiger partial charge in [-0.25, -0.2) is 4.79 Å². The lowest BCUT2D eigenvalue weighted by molar-refractivity contribution is -0.111. The number of hydrogen-bond donors (Lipinski definition) is 1. The molecule has 0 aliphatic carbocycles. The summed E-state index contributed by atoms with van der Waals surface area (Å²) in [6.45, 7) is 4.74. The molecule has 26 heavy (non-hydrogen) atoms. The van der Waals surface area contributed by atoms with Gasteiger partial charge in [0.1, 0.15) is 5.75 Å². The van der Waals surface area contributed by atoms with Gasteiger partial charge in [-0.05, 0) is 49.2 Å². The molecule has 0 heterocycles. The Morgan fingerprint density at radius 3 is 2.46 bits per heavy atom. The zero-order valence-corrected chi connectivity index (χ0v) is 15.0. The van der Waals surface area contributed by atoms with Gasteiger partial charge in [0.25, 0.3) is 0 Å². The van der Waals surface area contributed by atoms with E-state index in [4.69, 9.17) is 9.47 Å². The Labute approximate surface area is 153 Å². The van der Waals surface area contributed by atoms with E-state index in [1.54, 1.807) is 37.3 Å². The predicted molar refractivity (Wildman–Crippen MR) is 102 cm³/mol. The highest BCUT2D eigenvalue weighted by Gasteiger charge is 2.12. The van der Waals surface area contributed by atoms with E-state index in [0.717, 1.165) is 17.7 Å². The van der Waals surface area contributed by atoms with Gasteiger partial charge in [0.2, 0.25) is 5.91 Å². The number of nitrogens with one attached hydrogen (secondary N) is 1. The van der Waals surface area contributed by atoms with E-state index in [1.807, 2.05) is 24.3 Å². The molecule has 2 aromatic rings. The first-order valence-electron chi connectivity index (χ1n) is 8.62. The Morgan fingerprint density at radius 1 is 1.04 bits per heavy atom. The van der Waals surface area contributed by atoms with E-state index in [9.17, 15) is 9.59 Å². The van der Waals surface area contributed by atoms with Gasteiger partial charge in [0.05, 0.1) is 24.5 Å². The molecule has 0 aliphatic rings. The average molecular weight is 353 g/mol. The summed E-state index contributed by atoms with van der Waals surface area (Å²) in [6, 6.07) is 14.2. The third kappa shape index (κ3) is 5.77. The van der Waals surface area contributed by atoms with E-state index in [-0.39, 0.29) is 12.5 Å². The molecule has 0 saturated heterocycles. The number of ether oxygens (including phenoxy) is 2. The minimum atomic E-state index is -0.463. The van der Waals surface area contributed by atoms with Crippen LogP contribution in [0.5, 0.6) is 5.75 Å². The van der Waals surface area contributed by atoms with Gasteiger partial charge in [0.15, 0.2) is 0 Å². The van der Waals surface area contributed by atoms with Gasteiger partial charge in [-0.3, -0.25) is 4.79 Å². The molecule has 2 aromatic carbocycles. The number of amides is 1. The third-order valence-electron chi connectivity index (χ3n) is 3.46. The lowest BCUT2D eigenvalue weighted by Gasteiger charge is -2.08. The van der Waals surface area contributed by atoms with Crippen molar-refractivity contribution in [2.75, 3.05) is 18.5 Å². The van der Waals surface area contributed by atoms with Crippen molar-refractivity contribution in [3.63, 3.8) is 0 Å². The second kappa shape index (κ2) is 10.0. The Kier molecular flexibility index (Phi) is 7.43. The highest BCUT2D eigenvalue weighted by atomic mass is 16.5. The van der Waals surface area contributed by atoms with Crippen LogP contribution >= 0.6 is 0 Å². The molecule has 0 unspecified atom stereocenters. The van der Waals surface area contributed by atoms with Crippen molar-refractivity contribution in [3.05, 3.63) is 65.7 Å². The van der Waals surface area contributed by atoms with Crippen LogP contribution in [0.15, 0.2) is 54.6 Å². The second-order valence-corrected chi connectivity index (χ2v) is 5.51. The predicted octanol–water partition coefficient (Wildman–Crippen LogP) is 4.30. The lowest BCUT2D eigenvalue weighted by atomic mass is 10.1. The quantitative estimate of drug-likeness (QED) is 0.567. The molecule has 0 aliphatic heterocycles. The minimum absolute atomic E-state index is 0.277. The molecule has 0 atom stereocenters. The summed E-state index contributed by atoms with van der Waals surface area (Å²) in [7, 11) is 0. The first-order valence-corrected chi connectivity index (χ1v) is 8.62. The lowest BCUT2D eigenvalue weighted by Crippen LogP contribution is -2.13. The fourth-order valence-corrected chi connectivity index (χ4v) is 2.22. The fraction of sp³-hybridized carbons (Fsp3) is 0.238. The van der Waals surface area contributed by atoms with Crippen LogP contribution in [0.3, 0.4) is 0 Å². The van der Waals surface area contributed by atoms with Gasteiger partial charge >= 0.3 is 5.97 Å². The maximum absolute atomic E-state index is 12.2. The number of anilines is 1. The van der Waals surface area contributed by atoms with Crippen molar-refractivity contribution in [3.8, 4) is 5.75 Å². The third-order valence-corrected chi connectivity index (χ3v) is 3.46. The number of carbonyl (C=O) groups excluding carboxylic acids is 2. The van der Waals surface area contributed by atoms with Crippen LogP contribution in [0.1, 0.15) is 36.2 Å². The molecular formula is C21H23NO4. The summed E-state index contributed by atoms with van der Waals surface area (Å²) in [5.41, 5.74) is 1.63. The molecule has 5 nitrogen and oxygen atoms in total. The van der Waals surface area contributed by atoms with Crippen LogP contribution in [0.4, 0.5) is 5.69 Å². The van der Waals surface area contributed by atoms with Gasteiger partial charge in [-0.2, -0.15) is 0 Å². The number of carbonyl (C=O) groups is 2. The average Bonchev–Trinajstić information content (AvgIpc) is 2.66. The SMILES string of the molecule is CCCOc1ccc(/C=C/C(=O)Nc2ccccc2C(=O)OCC)cc1. The molecule has 5 heteroatoms. The number of benzene rings is 2. The van der Waals surface area contributed by atoms with E-state index >= 15 is 0 Å². The van der Waals surface area contributed by atoms with Gasteiger partial charge in [-0.1, -0.05) is 31.2 Å². The molecule has 0 spiro atoms. The number of rotatable bonds is 8. The molecule has 1 amide bonds. The Balaban J connectivity index is 2.00. The summed E-state index contributed by atoms with van der Waals surface area (Å²) in [5, 5.41) is 2.71. The molecule has 2 rings (SSSR count).